The number of ether oxygens (including phenoxy) is 1. The minimum Gasteiger partial charge on any atom is -0.497 e. The van der Waals surface area contributed by atoms with Crippen molar-refractivity contribution in [2.24, 2.45) is 0 Å². The minimum atomic E-state index is -0.734. The Morgan fingerprint density at radius 3 is 2.50 bits per heavy atom. The Labute approximate surface area is 155 Å². The summed E-state index contributed by atoms with van der Waals surface area (Å²) in [4.78, 5) is 14.1. The lowest BCUT2D eigenvalue weighted by atomic mass is 9.90. The third-order valence-corrected chi connectivity index (χ3v) is 5.13. The number of likely N-dealkylation sites (tertiary alicyclic amines) is 1. The van der Waals surface area contributed by atoms with E-state index in [0.717, 1.165) is 36.3 Å². The fraction of sp³-hybridized carbons (Fsp3) is 0.409. The van der Waals surface area contributed by atoms with Gasteiger partial charge in [0, 0.05) is 0 Å². The quantitative estimate of drug-likeness (QED) is 0.869. The van der Waals surface area contributed by atoms with Crippen molar-refractivity contribution in [3.63, 3.8) is 0 Å². The number of rotatable bonds is 5. The van der Waals surface area contributed by atoms with Crippen LogP contribution >= 0.6 is 0 Å². The Kier molecular flexibility index (Phi) is 5.62. The van der Waals surface area contributed by atoms with E-state index in [1.165, 1.54) is 11.1 Å². The number of nitrogens with zero attached hydrogens (tertiary/aromatic N) is 1. The number of carbonyl (C=O) groups is 1. The highest BCUT2D eigenvalue weighted by Gasteiger charge is 2.35. The molecule has 4 heteroatoms. The average Bonchev–Trinajstić information content (AvgIpc) is 2.61. The Morgan fingerprint density at radius 1 is 1.12 bits per heavy atom. The third-order valence-electron chi connectivity index (χ3n) is 5.13. The molecule has 0 radical (unpaired) electrons. The summed E-state index contributed by atoms with van der Waals surface area (Å²) in [7, 11) is 1.66. The van der Waals surface area contributed by atoms with Gasteiger partial charge in [-0.3, -0.25) is 9.69 Å². The lowest BCUT2D eigenvalue weighted by Gasteiger charge is -2.40. The van der Waals surface area contributed by atoms with Crippen LogP contribution in [0, 0.1) is 13.8 Å². The number of carboxylic acids is 1. The number of hydrogen-bond donors (Lipinski definition) is 1. The maximum absolute atomic E-state index is 11.9. The Hall–Kier alpha value is -2.33. The average molecular weight is 353 g/mol. The fourth-order valence-electron chi connectivity index (χ4n) is 4.08. The van der Waals surface area contributed by atoms with Crippen molar-refractivity contribution in [3.05, 3.63) is 64.7 Å². The number of hydrogen-bond acceptors (Lipinski definition) is 3. The predicted octanol–water partition coefficient (Wildman–Crippen LogP) is 4.34. The predicted molar refractivity (Wildman–Crippen MR) is 103 cm³/mol. The molecule has 1 aliphatic heterocycles. The van der Waals surface area contributed by atoms with Gasteiger partial charge in [0.15, 0.2) is 0 Å². The van der Waals surface area contributed by atoms with Gasteiger partial charge in [0.05, 0.1) is 13.2 Å². The zero-order valence-corrected chi connectivity index (χ0v) is 15.7. The summed E-state index contributed by atoms with van der Waals surface area (Å²) in [5.41, 5.74) is 4.60. The molecule has 4 nitrogen and oxygen atoms in total. The lowest BCUT2D eigenvalue weighted by Crippen LogP contribution is -2.46. The molecule has 1 N–H and O–H groups in total. The molecule has 1 heterocycles. The van der Waals surface area contributed by atoms with Crippen LogP contribution in [0.4, 0.5) is 0 Å². The molecule has 0 aromatic heterocycles. The number of methoxy groups -OCH3 is 1. The van der Waals surface area contributed by atoms with E-state index in [2.05, 4.69) is 43.0 Å². The topological polar surface area (TPSA) is 49.8 Å². The first-order valence-corrected chi connectivity index (χ1v) is 9.20. The van der Waals surface area contributed by atoms with Crippen LogP contribution < -0.4 is 4.74 Å². The fourth-order valence-corrected chi connectivity index (χ4v) is 4.08. The second-order valence-electron chi connectivity index (χ2n) is 7.19. The van der Waals surface area contributed by atoms with Gasteiger partial charge in [-0.1, -0.05) is 47.9 Å². The molecule has 0 aliphatic carbocycles. The highest BCUT2D eigenvalue weighted by molar-refractivity contribution is 5.73. The zero-order chi connectivity index (χ0) is 18.7. The van der Waals surface area contributed by atoms with E-state index >= 15 is 0 Å². The standard InChI is InChI=1S/C22H27NO3/c1-15-11-16(2)13-18(12-15)21(17-7-6-8-19(14-17)26-3)23-10-5-4-9-20(23)22(24)25/h6-8,11-14,20-21H,4-5,9-10H2,1-3H3,(H,24,25). The third kappa shape index (κ3) is 3.91. The molecule has 3 rings (SSSR count). The molecule has 138 valence electrons. The zero-order valence-electron chi connectivity index (χ0n) is 15.7. The van der Waals surface area contributed by atoms with E-state index in [1.807, 2.05) is 18.2 Å². The van der Waals surface area contributed by atoms with E-state index in [4.69, 9.17) is 4.74 Å². The molecular weight excluding hydrogens is 326 g/mol. The molecule has 2 aromatic carbocycles. The van der Waals surface area contributed by atoms with Crippen LogP contribution in [-0.4, -0.2) is 35.7 Å². The van der Waals surface area contributed by atoms with Crippen LogP contribution in [0.15, 0.2) is 42.5 Å². The first-order chi connectivity index (χ1) is 12.5. The van der Waals surface area contributed by atoms with Crippen LogP contribution in [0.1, 0.15) is 47.6 Å². The van der Waals surface area contributed by atoms with Crippen molar-refractivity contribution in [1.29, 1.82) is 0 Å². The van der Waals surface area contributed by atoms with Gasteiger partial charge in [-0.2, -0.15) is 0 Å². The Balaban J connectivity index is 2.12. The smallest absolute Gasteiger partial charge is 0.320 e. The molecule has 2 aromatic rings. The van der Waals surface area contributed by atoms with Gasteiger partial charge in [0.2, 0.25) is 0 Å². The van der Waals surface area contributed by atoms with Gasteiger partial charge in [0.25, 0.3) is 0 Å². The van der Waals surface area contributed by atoms with Gasteiger partial charge >= 0.3 is 5.97 Å². The van der Waals surface area contributed by atoms with E-state index in [1.54, 1.807) is 7.11 Å². The monoisotopic (exact) mass is 353 g/mol. The molecule has 1 aliphatic rings. The van der Waals surface area contributed by atoms with E-state index in [-0.39, 0.29) is 6.04 Å². The number of piperidine rings is 1. The Morgan fingerprint density at radius 2 is 1.85 bits per heavy atom. The summed E-state index contributed by atoms with van der Waals surface area (Å²) in [6.07, 6.45) is 2.68. The van der Waals surface area contributed by atoms with Crippen molar-refractivity contribution in [3.8, 4) is 5.75 Å². The van der Waals surface area contributed by atoms with E-state index in [9.17, 15) is 9.90 Å². The number of aliphatic carboxylic acids is 1. The number of aryl methyl sites for hydroxylation is 2. The van der Waals surface area contributed by atoms with Gasteiger partial charge in [-0.05, 0) is 56.5 Å². The highest BCUT2D eigenvalue weighted by Crippen LogP contribution is 2.36. The first kappa shape index (κ1) is 18.5. The summed E-state index contributed by atoms with van der Waals surface area (Å²) in [5.74, 6) is 0.0581. The summed E-state index contributed by atoms with van der Waals surface area (Å²) in [5, 5.41) is 9.79. The SMILES string of the molecule is COc1cccc(C(c2cc(C)cc(C)c2)N2CCCCC2C(=O)O)c1. The second kappa shape index (κ2) is 7.92. The molecule has 2 unspecified atom stereocenters. The number of benzene rings is 2. The second-order valence-corrected chi connectivity index (χ2v) is 7.19. The largest absolute Gasteiger partial charge is 0.497 e. The first-order valence-electron chi connectivity index (χ1n) is 9.20. The lowest BCUT2D eigenvalue weighted by molar-refractivity contribution is -0.145. The Bertz CT molecular complexity index is 766. The van der Waals surface area contributed by atoms with Gasteiger partial charge in [-0.25, -0.2) is 0 Å². The van der Waals surface area contributed by atoms with Gasteiger partial charge < -0.3 is 9.84 Å². The molecule has 1 fully saturated rings. The van der Waals surface area contributed by atoms with Crippen molar-refractivity contribution in [1.82, 2.24) is 4.90 Å². The van der Waals surface area contributed by atoms with Crippen LogP contribution in [0.2, 0.25) is 0 Å². The molecule has 0 saturated carbocycles. The van der Waals surface area contributed by atoms with Crippen molar-refractivity contribution < 1.29 is 14.6 Å². The van der Waals surface area contributed by atoms with Crippen LogP contribution in [-0.2, 0) is 4.79 Å². The summed E-state index contributed by atoms with van der Waals surface area (Å²) >= 11 is 0. The van der Waals surface area contributed by atoms with Gasteiger partial charge in [-0.15, -0.1) is 0 Å². The maximum Gasteiger partial charge on any atom is 0.320 e. The maximum atomic E-state index is 11.9. The van der Waals surface area contributed by atoms with Crippen molar-refractivity contribution in [2.75, 3.05) is 13.7 Å². The van der Waals surface area contributed by atoms with Crippen LogP contribution in [0.5, 0.6) is 5.75 Å². The molecular formula is C22H27NO3. The summed E-state index contributed by atoms with van der Waals surface area (Å²) in [6, 6.07) is 13.9. The van der Waals surface area contributed by atoms with E-state index < -0.39 is 12.0 Å². The molecule has 0 amide bonds. The van der Waals surface area contributed by atoms with Crippen LogP contribution in [0.3, 0.4) is 0 Å². The molecule has 0 spiro atoms. The normalized spacial score (nSPS) is 19.1. The molecule has 26 heavy (non-hydrogen) atoms. The van der Waals surface area contributed by atoms with Gasteiger partial charge in [0.1, 0.15) is 11.8 Å². The van der Waals surface area contributed by atoms with Crippen LogP contribution in [0.25, 0.3) is 0 Å². The summed E-state index contributed by atoms with van der Waals surface area (Å²) in [6.45, 7) is 4.96. The highest BCUT2D eigenvalue weighted by atomic mass is 16.5. The molecule has 0 bridgehead atoms. The summed E-state index contributed by atoms with van der Waals surface area (Å²) < 4.78 is 5.42. The minimum absolute atomic E-state index is 0.0925. The van der Waals surface area contributed by atoms with Crippen molar-refractivity contribution in [2.45, 2.75) is 45.2 Å². The molecule has 1 saturated heterocycles. The van der Waals surface area contributed by atoms with Crippen molar-refractivity contribution >= 4 is 5.97 Å². The van der Waals surface area contributed by atoms with E-state index in [0.29, 0.717) is 6.42 Å². The molecule has 2 atom stereocenters. The number of carboxylic acid groups (broad SMARTS) is 1.